The van der Waals surface area contributed by atoms with E-state index in [1.54, 1.807) is 12.2 Å². The van der Waals surface area contributed by atoms with Crippen LogP contribution >= 0.6 is 0 Å². The van der Waals surface area contributed by atoms with Crippen molar-refractivity contribution in [3.8, 4) is 0 Å². The molecule has 41 heavy (non-hydrogen) atoms. The lowest BCUT2D eigenvalue weighted by atomic mass is 9.46. The van der Waals surface area contributed by atoms with Gasteiger partial charge in [0.2, 0.25) is 0 Å². The topological polar surface area (TPSA) is 185 Å². The molecule has 0 saturated heterocycles. The molecule has 3 fully saturated rings. The van der Waals surface area contributed by atoms with Crippen LogP contribution in [0.1, 0.15) is 65.7 Å². The van der Waals surface area contributed by atoms with Crippen molar-refractivity contribution in [2.75, 3.05) is 13.2 Å². The number of fused-ring (bicyclic) bond motifs is 5. The summed E-state index contributed by atoms with van der Waals surface area (Å²) in [6, 6.07) is 0. The number of carbonyl (C=O) groups is 3. The summed E-state index contributed by atoms with van der Waals surface area (Å²) >= 11 is 0. The first-order chi connectivity index (χ1) is 19.3. The second-order valence-electron chi connectivity index (χ2n) is 12.5. The molecule has 4 rings (SSSR count). The van der Waals surface area contributed by atoms with Gasteiger partial charge in [-0.2, -0.15) is 0 Å². The second kappa shape index (κ2) is 11.9. The lowest BCUT2D eigenvalue weighted by molar-refractivity contribution is -0.790. The zero-order valence-electron chi connectivity index (χ0n) is 23.6. The fraction of sp³-hybridized carbons (Fsp3) is 0.750. The number of rotatable bonds is 12. The Morgan fingerprint density at radius 3 is 2.63 bits per heavy atom. The van der Waals surface area contributed by atoms with Crippen LogP contribution in [0.25, 0.3) is 0 Å². The number of hydrogen-bond donors (Lipinski definition) is 1. The summed E-state index contributed by atoms with van der Waals surface area (Å²) in [5, 5.41) is 30.3. The van der Waals surface area contributed by atoms with E-state index in [0.717, 1.165) is 24.8 Å². The number of esters is 1. The number of ketones is 2. The van der Waals surface area contributed by atoms with Crippen LogP contribution in [0.5, 0.6) is 0 Å². The highest BCUT2D eigenvalue weighted by Crippen LogP contribution is 2.67. The van der Waals surface area contributed by atoms with Gasteiger partial charge in [-0.05, 0) is 73.8 Å². The maximum Gasteiger partial charge on any atom is 0.306 e. The molecule has 13 heteroatoms. The van der Waals surface area contributed by atoms with Crippen molar-refractivity contribution in [1.29, 1.82) is 0 Å². The fourth-order valence-corrected chi connectivity index (χ4v) is 8.60. The first-order valence-electron chi connectivity index (χ1n) is 14.2. The van der Waals surface area contributed by atoms with Crippen LogP contribution in [0.2, 0.25) is 0 Å². The summed E-state index contributed by atoms with van der Waals surface area (Å²) in [5.74, 6) is -0.862. The minimum Gasteiger partial charge on any atom is -0.458 e. The van der Waals surface area contributed by atoms with E-state index < -0.39 is 52.4 Å². The molecule has 3 saturated carbocycles. The van der Waals surface area contributed by atoms with Gasteiger partial charge >= 0.3 is 5.97 Å². The highest BCUT2D eigenvalue weighted by molar-refractivity contribution is 6.01. The molecule has 0 spiro atoms. The Kier molecular flexibility index (Phi) is 8.86. The molecule has 13 nitrogen and oxygen atoms in total. The lowest BCUT2D eigenvalue weighted by Crippen LogP contribution is -2.56. The Bertz CT molecular complexity index is 1150. The monoisotopic (exact) mass is 578 g/mol. The van der Waals surface area contributed by atoms with E-state index in [1.165, 1.54) is 0 Å². The minimum absolute atomic E-state index is 0.0191. The van der Waals surface area contributed by atoms with Gasteiger partial charge in [-0.3, -0.25) is 14.4 Å². The molecule has 0 bridgehead atoms. The molecule has 0 amide bonds. The Labute approximate surface area is 237 Å². The van der Waals surface area contributed by atoms with Gasteiger partial charge in [0, 0.05) is 23.7 Å². The van der Waals surface area contributed by atoms with Crippen LogP contribution in [-0.2, 0) is 28.8 Å². The van der Waals surface area contributed by atoms with Crippen molar-refractivity contribution < 1.29 is 44.1 Å². The van der Waals surface area contributed by atoms with Gasteiger partial charge in [0.15, 0.2) is 11.6 Å². The van der Waals surface area contributed by atoms with Gasteiger partial charge in [0.1, 0.15) is 19.3 Å². The SMILES string of the molecule is CC1CC2C3CCC4=CC(=O)C=CC4(C)C3C(O)CC2(C)C1C(=O)COC(=O)CCCC(CO[N+](=O)[O-])O[N+](=O)[O-]. The van der Waals surface area contributed by atoms with Crippen LogP contribution in [0, 0.1) is 60.6 Å². The van der Waals surface area contributed by atoms with Gasteiger partial charge in [0.25, 0.3) is 10.2 Å². The lowest BCUT2D eigenvalue weighted by Gasteiger charge is -2.58. The van der Waals surface area contributed by atoms with Crippen LogP contribution in [0.4, 0.5) is 0 Å². The van der Waals surface area contributed by atoms with Crippen molar-refractivity contribution >= 4 is 17.5 Å². The number of nitrogens with zero attached hydrogens (tertiary/aromatic N) is 2. The highest BCUT2D eigenvalue weighted by Gasteiger charge is 2.64. The zero-order chi connectivity index (χ0) is 30.1. The number of hydrogen-bond acceptors (Lipinski definition) is 11. The standard InChI is InChI=1S/C28H38N2O11/c1-16-11-21-20-8-7-17-12-18(31)9-10-27(17,2)26(20)22(32)13-28(21,3)25(16)23(33)15-39-24(34)6-4-5-19(41-30(37)38)14-40-29(35)36/h9-10,12,16,19-22,25-26,32H,4-8,11,13-15H2,1-3H3. The van der Waals surface area contributed by atoms with Gasteiger partial charge in [-0.1, -0.05) is 32.4 Å². The Hall–Kier alpha value is -3.35. The van der Waals surface area contributed by atoms with Gasteiger partial charge in [-0.15, -0.1) is 20.2 Å². The summed E-state index contributed by atoms with van der Waals surface area (Å²) in [6.07, 6.45) is 6.16. The Morgan fingerprint density at radius 1 is 1.22 bits per heavy atom. The number of ether oxygens (including phenoxy) is 1. The molecule has 9 unspecified atom stereocenters. The Morgan fingerprint density at radius 2 is 1.95 bits per heavy atom. The molecule has 4 aliphatic carbocycles. The van der Waals surface area contributed by atoms with Crippen LogP contribution in [-0.4, -0.2) is 58.2 Å². The number of Topliss-reactive ketones (excluding diaryl/α,β-unsaturated/α-hetero) is 1. The summed E-state index contributed by atoms with van der Waals surface area (Å²) in [7, 11) is 0. The summed E-state index contributed by atoms with van der Waals surface area (Å²) in [5.41, 5.74) is 0.220. The van der Waals surface area contributed by atoms with Crippen molar-refractivity contribution in [2.45, 2.75) is 77.9 Å². The molecule has 0 aromatic carbocycles. The van der Waals surface area contributed by atoms with Gasteiger partial charge in [-0.25, -0.2) is 0 Å². The maximum absolute atomic E-state index is 13.5. The maximum atomic E-state index is 13.5. The van der Waals surface area contributed by atoms with E-state index in [0.29, 0.717) is 6.42 Å². The molecular weight excluding hydrogens is 540 g/mol. The molecule has 1 N–H and O–H groups in total. The van der Waals surface area contributed by atoms with Crippen LogP contribution in [0.3, 0.4) is 0 Å². The quantitative estimate of drug-likeness (QED) is 0.204. The van der Waals surface area contributed by atoms with Crippen molar-refractivity contribution in [1.82, 2.24) is 0 Å². The predicted octanol–water partition coefficient (Wildman–Crippen LogP) is 3.20. The molecule has 0 aromatic heterocycles. The van der Waals surface area contributed by atoms with E-state index in [-0.39, 0.29) is 60.4 Å². The first kappa shape index (κ1) is 30.6. The number of aliphatic hydroxyl groups excluding tert-OH is 1. The molecule has 0 aromatic rings. The predicted molar refractivity (Wildman–Crippen MR) is 141 cm³/mol. The van der Waals surface area contributed by atoms with Gasteiger partial charge < -0.3 is 19.5 Å². The van der Waals surface area contributed by atoms with E-state index in [1.807, 2.05) is 13.0 Å². The third kappa shape index (κ3) is 6.14. The molecule has 0 radical (unpaired) electrons. The number of allylic oxidation sites excluding steroid dienone is 4. The van der Waals surface area contributed by atoms with Crippen molar-refractivity contribution in [3.05, 3.63) is 44.0 Å². The molecule has 0 heterocycles. The first-order valence-corrected chi connectivity index (χ1v) is 14.2. The van der Waals surface area contributed by atoms with E-state index in [4.69, 9.17) is 4.74 Å². The summed E-state index contributed by atoms with van der Waals surface area (Å²) in [6.45, 7) is 5.15. The zero-order valence-corrected chi connectivity index (χ0v) is 23.6. The number of aliphatic hydroxyl groups is 1. The van der Waals surface area contributed by atoms with Crippen LogP contribution < -0.4 is 0 Å². The number of carbonyl (C=O) groups excluding carboxylic acids is 3. The molecule has 226 valence electrons. The molecule has 0 aliphatic heterocycles. The summed E-state index contributed by atoms with van der Waals surface area (Å²) in [4.78, 5) is 67.3. The van der Waals surface area contributed by atoms with E-state index in [2.05, 4.69) is 23.5 Å². The largest absolute Gasteiger partial charge is 0.458 e. The fourth-order valence-electron chi connectivity index (χ4n) is 8.60. The van der Waals surface area contributed by atoms with Crippen molar-refractivity contribution in [2.24, 2.45) is 40.4 Å². The smallest absolute Gasteiger partial charge is 0.306 e. The van der Waals surface area contributed by atoms with E-state index >= 15 is 0 Å². The summed E-state index contributed by atoms with van der Waals surface area (Å²) < 4.78 is 5.27. The second-order valence-corrected chi connectivity index (χ2v) is 12.5. The Balaban J connectivity index is 1.35. The van der Waals surface area contributed by atoms with E-state index in [9.17, 15) is 39.7 Å². The normalized spacial score (nSPS) is 36.2. The van der Waals surface area contributed by atoms with Crippen LogP contribution in [0.15, 0.2) is 23.8 Å². The average molecular weight is 579 g/mol. The highest BCUT2D eigenvalue weighted by atomic mass is 17.0. The molecule has 9 atom stereocenters. The molecule has 4 aliphatic rings. The van der Waals surface area contributed by atoms with Gasteiger partial charge in [0.05, 0.1) is 6.10 Å². The third-order valence-electron chi connectivity index (χ3n) is 10.1. The molecular formula is C28H38N2O11. The minimum atomic E-state index is -1.22. The van der Waals surface area contributed by atoms with Crippen molar-refractivity contribution in [3.63, 3.8) is 0 Å². The average Bonchev–Trinajstić information content (AvgIpc) is 3.15. The third-order valence-corrected chi connectivity index (χ3v) is 10.1.